The number of aromatic nitrogens is 3. The minimum absolute atomic E-state index is 0.110. The van der Waals surface area contributed by atoms with Crippen molar-refractivity contribution in [1.82, 2.24) is 19.9 Å². The van der Waals surface area contributed by atoms with E-state index in [0.29, 0.717) is 40.5 Å². The van der Waals surface area contributed by atoms with E-state index in [4.69, 9.17) is 31.1 Å². The van der Waals surface area contributed by atoms with E-state index in [1.807, 2.05) is 11.6 Å². The van der Waals surface area contributed by atoms with Crippen molar-refractivity contribution in [3.63, 3.8) is 0 Å². The van der Waals surface area contributed by atoms with Gasteiger partial charge in [-0.1, -0.05) is 17.7 Å². The molecule has 0 unspecified atom stereocenters. The molecule has 0 aliphatic carbocycles. The number of fused-ring (bicyclic) bond motifs is 2. The van der Waals surface area contributed by atoms with Crippen molar-refractivity contribution < 1.29 is 19.5 Å². The van der Waals surface area contributed by atoms with Gasteiger partial charge in [-0.05, 0) is 37.5 Å². The zero-order chi connectivity index (χ0) is 22.7. The lowest BCUT2D eigenvalue weighted by molar-refractivity contribution is 0.156. The molecule has 3 N–H and O–H groups in total. The van der Waals surface area contributed by atoms with Crippen LogP contribution >= 0.6 is 11.6 Å². The number of pyridine rings is 1. The van der Waals surface area contributed by atoms with E-state index in [0.717, 1.165) is 30.5 Å². The zero-order valence-electron chi connectivity index (χ0n) is 17.9. The second-order valence-electron chi connectivity index (χ2n) is 7.77. The predicted molar refractivity (Wildman–Crippen MR) is 125 cm³/mol. The molecule has 5 rings (SSSR count). The number of aliphatic imine (C=N–C) groups is 1. The molecule has 9 nitrogen and oxygen atoms in total. The lowest BCUT2D eigenvalue weighted by Crippen LogP contribution is -2.29. The number of ether oxygens (including phenoxy) is 2. The number of benzene rings is 1. The van der Waals surface area contributed by atoms with E-state index < -0.39 is 7.12 Å². The van der Waals surface area contributed by atoms with Gasteiger partial charge in [0.15, 0.2) is 0 Å². The van der Waals surface area contributed by atoms with Gasteiger partial charge in [0.1, 0.15) is 34.8 Å². The molecule has 1 fully saturated rings. The van der Waals surface area contributed by atoms with Crippen LogP contribution in [0.15, 0.2) is 35.6 Å². The second kappa shape index (κ2) is 9.87. The Morgan fingerprint density at radius 2 is 2.19 bits per heavy atom. The third-order valence-electron chi connectivity index (χ3n) is 5.52. The molecule has 4 heterocycles. The highest BCUT2D eigenvalue weighted by atomic mass is 35.5. The number of aryl methyl sites for hydroxylation is 1. The van der Waals surface area contributed by atoms with Crippen LogP contribution in [0.5, 0.6) is 11.6 Å². The number of hydrogen-bond acceptors (Lipinski definition) is 8. The van der Waals surface area contributed by atoms with Crippen molar-refractivity contribution in [2.45, 2.75) is 19.4 Å². The van der Waals surface area contributed by atoms with Crippen LogP contribution in [0.1, 0.15) is 13.3 Å². The average molecular weight is 458 g/mol. The first kappa shape index (κ1) is 22.5. The molecule has 1 aromatic carbocycles. The quantitative estimate of drug-likeness (QED) is 0.401. The summed E-state index contributed by atoms with van der Waals surface area (Å²) in [5, 5.41) is 21.5. The summed E-state index contributed by atoms with van der Waals surface area (Å²) < 4.78 is 13.2. The SMILES string of the molecule is C[C@@H](Oc1nc(Cl)cc2ncn(C)c12)[C@@H]1CCNC1.OB(O)c1ccc2c(c1)N=CCO2. The van der Waals surface area contributed by atoms with Gasteiger partial charge in [-0.15, -0.1) is 0 Å². The summed E-state index contributed by atoms with van der Waals surface area (Å²) in [6.07, 6.45) is 4.63. The Morgan fingerprint density at radius 1 is 1.34 bits per heavy atom. The highest BCUT2D eigenvalue weighted by Gasteiger charge is 2.24. The molecule has 3 aromatic rings. The molecule has 32 heavy (non-hydrogen) atoms. The highest BCUT2D eigenvalue weighted by molar-refractivity contribution is 6.58. The fourth-order valence-corrected chi connectivity index (χ4v) is 3.90. The van der Waals surface area contributed by atoms with Crippen LogP contribution in [0.2, 0.25) is 5.15 Å². The summed E-state index contributed by atoms with van der Waals surface area (Å²) in [6.45, 7) is 4.61. The van der Waals surface area contributed by atoms with Crippen LogP contribution in [-0.4, -0.2) is 63.7 Å². The smallest absolute Gasteiger partial charge is 0.486 e. The standard InChI is InChI=1S/C13H17ClN4O.C8H8BNO3/c1-8(9-3-4-15-6-9)19-13-12-10(5-11(14)17-13)16-7-18(12)2;11-9(12)6-1-2-8-7(5-6)10-3-4-13-8/h5,7-9,15H,3-4,6H2,1-2H3;1-3,5,11-12H,4H2/t8-,9-;/m1./s1. The third kappa shape index (κ3) is 5.04. The number of nitrogens with one attached hydrogen (secondary N) is 1. The van der Waals surface area contributed by atoms with Crippen molar-refractivity contribution in [2.24, 2.45) is 18.0 Å². The van der Waals surface area contributed by atoms with Crippen LogP contribution in [-0.2, 0) is 7.05 Å². The summed E-state index contributed by atoms with van der Waals surface area (Å²) in [5.41, 5.74) is 2.76. The summed E-state index contributed by atoms with van der Waals surface area (Å²) in [7, 11) is 0.474. The topological polar surface area (TPSA) is 114 Å². The van der Waals surface area contributed by atoms with Gasteiger partial charge in [0, 0.05) is 31.8 Å². The average Bonchev–Trinajstić information content (AvgIpc) is 3.44. The normalized spacial score (nSPS) is 17.8. The maximum Gasteiger partial charge on any atom is 0.488 e. The lowest BCUT2D eigenvalue weighted by Gasteiger charge is -2.20. The molecule has 0 bridgehead atoms. The van der Waals surface area contributed by atoms with Crippen LogP contribution in [0.4, 0.5) is 5.69 Å². The van der Waals surface area contributed by atoms with E-state index in [2.05, 4.69) is 27.2 Å². The summed E-state index contributed by atoms with van der Waals surface area (Å²) >= 11 is 6.02. The number of halogens is 1. The maximum absolute atomic E-state index is 8.89. The van der Waals surface area contributed by atoms with Crippen molar-refractivity contribution in [2.75, 3.05) is 19.7 Å². The van der Waals surface area contributed by atoms with E-state index in [-0.39, 0.29) is 6.10 Å². The molecule has 0 spiro atoms. The Kier molecular flexibility index (Phi) is 6.95. The van der Waals surface area contributed by atoms with Crippen molar-refractivity contribution in [3.05, 3.63) is 35.7 Å². The van der Waals surface area contributed by atoms with E-state index >= 15 is 0 Å². The van der Waals surface area contributed by atoms with Gasteiger partial charge >= 0.3 is 7.12 Å². The molecular weight excluding hydrogens is 433 g/mol. The Labute approximate surface area is 191 Å². The van der Waals surface area contributed by atoms with Crippen molar-refractivity contribution >= 4 is 47.1 Å². The molecule has 0 saturated carbocycles. The Hall–Kier alpha value is -2.66. The monoisotopic (exact) mass is 457 g/mol. The first-order chi connectivity index (χ1) is 15.4. The molecule has 2 aromatic heterocycles. The Balaban J connectivity index is 0.000000165. The largest absolute Gasteiger partial charge is 0.488 e. The lowest BCUT2D eigenvalue weighted by atomic mass is 9.80. The molecule has 1 saturated heterocycles. The van der Waals surface area contributed by atoms with Gasteiger partial charge in [-0.2, -0.15) is 4.98 Å². The molecule has 0 radical (unpaired) electrons. The number of hydrogen-bond donors (Lipinski definition) is 3. The zero-order valence-corrected chi connectivity index (χ0v) is 18.7. The maximum atomic E-state index is 8.89. The number of rotatable bonds is 4. The van der Waals surface area contributed by atoms with Crippen LogP contribution in [0.25, 0.3) is 11.0 Å². The Bertz CT molecular complexity index is 1120. The molecule has 2 aliphatic heterocycles. The second-order valence-corrected chi connectivity index (χ2v) is 8.16. The van der Waals surface area contributed by atoms with Crippen LogP contribution in [0.3, 0.4) is 0 Å². The van der Waals surface area contributed by atoms with E-state index in [1.54, 1.807) is 36.8 Å². The minimum Gasteiger partial charge on any atom is -0.486 e. The van der Waals surface area contributed by atoms with Gasteiger partial charge in [0.2, 0.25) is 5.88 Å². The van der Waals surface area contributed by atoms with Gasteiger partial charge in [-0.25, -0.2) is 4.98 Å². The number of nitrogens with zero attached hydrogens (tertiary/aromatic N) is 4. The van der Waals surface area contributed by atoms with Crippen LogP contribution in [0, 0.1) is 5.92 Å². The fourth-order valence-electron chi connectivity index (χ4n) is 3.72. The highest BCUT2D eigenvalue weighted by Crippen LogP contribution is 2.28. The Morgan fingerprint density at radius 3 is 2.94 bits per heavy atom. The molecule has 168 valence electrons. The molecule has 2 atom stereocenters. The van der Waals surface area contributed by atoms with Gasteiger partial charge in [0.25, 0.3) is 0 Å². The molecule has 0 amide bonds. The van der Waals surface area contributed by atoms with Crippen molar-refractivity contribution in [3.8, 4) is 11.6 Å². The molecular formula is C21H25BClN5O4. The van der Waals surface area contributed by atoms with Gasteiger partial charge in [0.05, 0.1) is 11.8 Å². The number of imidazole rings is 1. The van der Waals surface area contributed by atoms with Gasteiger partial charge < -0.3 is 29.4 Å². The fraction of sp³-hybridized carbons (Fsp3) is 0.381. The third-order valence-corrected chi connectivity index (χ3v) is 5.71. The summed E-state index contributed by atoms with van der Waals surface area (Å²) in [6, 6.07) is 6.63. The minimum atomic E-state index is -1.46. The first-order valence-electron chi connectivity index (χ1n) is 10.4. The van der Waals surface area contributed by atoms with Crippen LogP contribution < -0.4 is 20.3 Å². The molecule has 11 heteroatoms. The van der Waals surface area contributed by atoms with Crippen molar-refractivity contribution in [1.29, 1.82) is 0 Å². The van der Waals surface area contributed by atoms with Gasteiger partial charge in [-0.3, -0.25) is 4.99 Å². The predicted octanol–water partition coefficient (Wildman–Crippen LogP) is 1.46. The summed E-state index contributed by atoms with van der Waals surface area (Å²) in [4.78, 5) is 12.7. The first-order valence-corrected chi connectivity index (χ1v) is 10.8. The molecule has 2 aliphatic rings. The van der Waals surface area contributed by atoms with E-state index in [1.165, 1.54) is 0 Å². The summed E-state index contributed by atoms with van der Waals surface area (Å²) in [5.74, 6) is 1.76. The van der Waals surface area contributed by atoms with E-state index in [9.17, 15) is 0 Å².